The molecular formula is C50H96O6. The van der Waals surface area contributed by atoms with Crippen molar-refractivity contribution in [2.24, 2.45) is 11.8 Å². The first-order chi connectivity index (χ1) is 27.2. The first-order valence-corrected chi connectivity index (χ1v) is 24.7. The summed E-state index contributed by atoms with van der Waals surface area (Å²) in [6.07, 6.45) is 42.3. The average molecular weight is 793 g/mol. The van der Waals surface area contributed by atoms with Crippen LogP contribution in [0.4, 0.5) is 0 Å². The minimum atomic E-state index is -0.761. The van der Waals surface area contributed by atoms with E-state index in [0.717, 1.165) is 69.6 Å². The minimum Gasteiger partial charge on any atom is -0.462 e. The van der Waals surface area contributed by atoms with Gasteiger partial charge in [-0.3, -0.25) is 14.4 Å². The minimum absolute atomic E-state index is 0.0643. The standard InChI is InChI=1S/C50H96O6/c1-6-7-8-9-10-11-12-16-20-27-32-37-42-50(53)56-47(44-55-49(52)41-36-31-26-22-21-24-29-34-39-46(4)5)43-54-48(51)40-35-30-25-19-17-14-13-15-18-23-28-33-38-45(2)3/h45-47H,6-44H2,1-5H3/t47-/m1/s1. The van der Waals surface area contributed by atoms with Crippen LogP contribution in [0.3, 0.4) is 0 Å². The van der Waals surface area contributed by atoms with Crippen molar-refractivity contribution in [3.05, 3.63) is 0 Å². The van der Waals surface area contributed by atoms with E-state index in [1.807, 2.05) is 0 Å². The Morgan fingerprint density at radius 2 is 0.589 bits per heavy atom. The molecule has 0 rings (SSSR count). The van der Waals surface area contributed by atoms with Crippen molar-refractivity contribution < 1.29 is 28.6 Å². The van der Waals surface area contributed by atoms with Crippen molar-refractivity contribution in [1.82, 2.24) is 0 Å². The van der Waals surface area contributed by atoms with Crippen molar-refractivity contribution in [2.75, 3.05) is 13.2 Å². The molecular weight excluding hydrogens is 697 g/mol. The van der Waals surface area contributed by atoms with E-state index < -0.39 is 6.10 Å². The van der Waals surface area contributed by atoms with Gasteiger partial charge in [0.25, 0.3) is 0 Å². The van der Waals surface area contributed by atoms with Gasteiger partial charge in [-0.05, 0) is 31.1 Å². The molecule has 1 atom stereocenters. The van der Waals surface area contributed by atoms with E-state index in [0.29, 0.717) is 19.3 Å². The van der Waals surface area contributed by atoms with Crippen LogP contribution in [-0.2, 0) is 28.6 Å². The molecule has 0 aliphatic heterocycles. The zero-order valence-corrected chi connectivity index (χ0v) is 38.3. The van der Waals surface area contributed by atoms with E-state index in [9.17, 15) is 14.4 Å². The molecule has 332 valence electrons. The van der Waals surface area contributed by atoms with Crippen LogP contribution in [0.2, 0.25) is 0 Å². The molecule has 0 fully saturated rings. The van der Waals surface area contributed by atoms with Crippen LogP contribution < -0.4 is 0 Å². The normalized spacial score (nSPS) is 12.1. The number of carbonyl (C=O) groups is 3. The zero-order chi connectivity index (χ0) is 41.2. The Bertz CT molecular complexity index is 854. The van der Waals surface area contributed by atoms with E-state index in [4.69, 9.17) is 14.2 Å². The van der Waals surface area contributed by atoms with E-state index in [2.05, 4.69) is 34.6 Å². The van der Waals surface area contributed by atoms with E-state index in [1.54, 1.807) is 0 Å². The van der Waals surface area contributed by atoms with Crippen molar-refractivity contribution in [2.45, 2.75) is 278 Å². The Balaban J connectivity index is 4.31. The van der Waals surface area contributed by atoms with Gasteiger partial charge in [0.05, 0.1) is 0 Å². The molecule has 0 unspecified atom stereocenters. The molecule has 0 N–H and O–H groups in total. The molecule has 0 spiro atoms. The molecule has 0 aliphatic carbocycles. The van der Waals surface area contributed by atoms with E-state index >= 15 is 0 Å². The van der Waals surface area contributed by atoms with E-state index in [-0.39, 0.29) is 31.1 Å². The van der Waals surface area contributed by atoms with Crippen LogP contribution in [0.5, 0.6) is 0 Å². The van der Waals surface area contributed by atoms with E-state index in [1.165, 1.54) is 161 Å². The first kappa shape index (κ1) is 54.4. The molecule has 0 aliphatic rings. The highest BCUT2D eigenvalue weighted by molar-refractivity contribution is 5.71. The summed E-state index contributed by atoms with van der Waals surface area (Å²) in [4.78, 5) is 37.8. The Kier molecular flexibility index (Phi) is 41.8. The third-order valence-electron chi connectivity index (χ3n) is 11.2. The van der Waals surface area contributed by atoms with Gasteiger partial charge in [0.1, 0.15) is 13.2 Å². The molecule has 0 aromatic heterocycles. The summed E-state index contributed by atoms with van der Waals surface area (Å²) in [7, 11) is 0. The molecule has 0 amide bonds. The highest BCUT2D eigenvalue weighted by Crippen LogP contribution is 2.17. The van der Waals surface area contributed by atoms with Crippen LogP contribution in [0.25, 0.3) is 0 Å². The fraction of sp³-hybridized carbons (Fsp3) is 0.940. The fourth-order valence-corrected chi connectivity index (χ4v) is 7.46. The van der Waals surface area contributed by atoms with Gasteiger partial charge in [-0.2, -0.15) is 0 Å². The largest absolute Gasteiger partial charge is 0.462 e. The molecule has 56 heavy (non-hydrogen) atoms. The molecule has 0 saturated carbocycles. The molecule has 0 radical (unpaired) electrons. The predicted octanol–water partition coefficient (Wildman–Crippen LogP) is 15.8. The van der Waals surface area contributed by atoms with Crippen LogP contribution in [0.1, 0.15) is 272 Å². The fourth-order valence-electron chi connectivity index (χ4n) is 7.46. The topological polar surface area (TPSA) is 78.9 Å². The maximum absolute atomic E-state index is 12.7. The molecule has 6 heteroatoms. The van der Waals surface area contributed by atoms with Crippen molar-refractivity contribution in [3.63, 3.8) is 0 Å². The van der Waals surface area contributed by atoms with Gasteiger partial charge in [-0.1, -0.05) is 234 Å². The van der Waals surface area contributed by atoms with Gasteiger partial charge in [0.2, 0.25) is 0 Å². The van der Waals surface area contributed by atoms with Gasteiger partial charge in [-0.25, -0.2) is 0 Å². The predicted molar refractivity (Wildman–Crippen MR) is 238 cm³/mol. The summed E-state index contributed by atoms with van der Waals surface area (Å²) in [6.45, 7) is 11.3. The summed E-state index contributed by atoms with van der Waals surface area (Å²) >= 11 is 0. The van der Waals surface area contributed by atoms with Gasteiger partial charge in [0.15, 0.2) is 6.10 Å². The summed E-state index contributed by atoms with van der Waals surface area (Å²) in [5.74, 6) is 0.777. The van der Waals surface area contributed by atoms with Crippen LogP contribution in [-0.4, -0.2) is 37.2 Å². The lowest BCUT2D eigenvalue weighted by Gasteiger charge is -2.18. The first-order valence-electron chi connectivity index (χ1n) is 24.7. The summed E-state index contributed by atoms with van der Waals surface area (Å²) in [6, 6.07) is 0. The smallest absolute Gasteiger partial charge is 0.306 e. The molecule has 0 heterocycles. The van der Waals surface area contributed by atoms with Gasteiger partial charge < -0.3 is 14.2 Å². The Morgan fingerprint density at radius 3 is 0.875 bits per heavy atom. The number of hydrogen-bond acceptors (Lipinski definition) is 6. The average Bonchev–Trinajstić information content (AvgIpc) is 3.16. The lowest BCUT2D eigenvalue weighted by atomic mass is 10.0. The lowest BCUT2D eigenvalue weighted by Crippen LogP contribution is -2.30. The third-order valence-corrected chi connectivity index (χ3v) is 11.2. The lowest BCUT2D eigenvalue weighted by molar-refractivity contribution is -0.167. The number of carbonyl (C=O) groups excluding carboxylic acids is 3. The Labute approximate surface area is 348 Å². The summed E-state index contributed by atoms with van der Waals surface area (Å²) in [5, 5.41) is 0. The number of esters is 3. The van der Waals surface area contributed by atoms with Crippen molar-refractivity contribution >= 4 is 17.9 Å². The quantitative estimate of drug-likeness (QED) is 0.0347. The van der Waals surface area contributed by atoms with Crippen LogP contribution in [0, 0.1) is 11.8 Å². The van der Waals surface area contributed by atoms with Crippen molar-refractivity contribution in [1.29, 1.82) is 0 Å². The SMILES string of the molecule is CCCCCCCCCCCCCCC(=O)O[C@H](COC(=O)CCCCCCCCCCCCCCC(C)C)COC(=O)CCCCCCCCCCC(C)C. The second-order valence-electron chi connectivity index (χ2n) is 18.1. The number of ether oxygens (including phenoxy) is 3. The molecule has 0 aromatic carbocycles. The monoisotopic (exact) mass is 793 g/mol. The maximum Gasteiger partial charge on any atom is 0.306 e. The second kappa shape index (κ2) is 43.0. The molecule has 0 bridgehead atoms. The van der Waals surface area contributed by atoms with Gasteiger partial charge in [0, 0.05) is 19.3 Å². The summed E-state index contributed by atoms with van der Waals surface area (Å²) < 4.78 is 16.8. The number of hydrogen-bond donors (Lipinski definition) is 0. The molecule has 0 saturated heterocycles. The number of rotatable bonds is 44. The Morgan fingerprint density at radius 1 is 0.339 bits per heavy atom. The highest BCUT2D eigenvalue weighted by Gasteiger charge is 2.19. The molecule has 6 nitrogen and oxygen atoms in total. The van der Waals surface area contributed by atoms with Gasteiger partial charge >= 0.3 is 17.9 Å². The zero-order valence-electron chi connectivity index (χ0n) is 38.3. The highest BCUT2D eigenvalue weighted by atomic mass is 16.6. The van der Waals surface area contributed by atoms with Crippen LogP contribution in [0.15, 0.2) is 0 Å². The number of unbranched alkanes of at least 4 members (excludes halogenated alkanes) is 29. The van der Waals surface area contributed by atoms with Gasteiger partial charge in [-0.15, -0.1) is 0 Å². The maximum atomic E-state index is 12.7. The molecule has 0 aromatic rings. The third kappa shape index (κ3) is 43.5. The Hall–Kier alpha value is -1.59. The van der Waals surface area contributed by atoms with Crippen LogP contribution >= 0.6 is 0 Å². The second-order valence-corrected chi connectivity index (χ2v) is 18.1. The summed E-state index contributed by atoms with van der Waals surface area (Å²) in [5.41, 5.74) is 0. The van der Waals surface area contributed by atoms with Crippen molar-refractivity contribution in [3.8, 4) is 0 Å².